The van der Waals surface area contributed by atoms with Crippen LogP contribution in [0.1, 0.15) is 5.69 Å². The minimum absolute atomic E-state index is 0.330. The van der Waals surface area contributed by atoms with Crippen molar-refractivity contribution < 1.29 is 14.2 Å². The van der Waals surface area contributed by atoms with Crippen molar-refractivity contribution in [2.45, 2.75) is 6.54 Å². The molecule has 0 atom stereocenters. The van der Waals surface area contributed by atoms with Gasteiger partial charge in [-0.25, -0.2) is 4.98 Å². The van der Waals surface area contributed by atoms with E-state index in [9.17, 15) is 0 Å². The van der Waals surface area contributed by atoms with Crippen molar-refractivity contribution in [3.05, 3.63) is 11.8 Å². The van der Waals surface area contributed by atoms with Crippen LogP contribution in [-0.2, 0) is 6.54 Å². The van der Waals surface area contributed by atoms with Crippen molar-refractivity contribution in [1.29, 1.82) is 0 Å². The molecular weight excluding hydrogens is 184 g/mol. The standard InChI is InChI=1S/C9H14N2O3/c1-12-7-4-6(5-10)11-9(14-3)8(7)13-2/h4H,5,10H2,1-3H3. The van der Waals surface area contributed by atoms with Crippen LogP contribution in [0.3, 0.4) is 0 Å². The highest BCUT2D eigenvalue weighted by atomic mass is 16.5. The molecule has 78 valence electrons. The molecule has 0 saturated heterocycles. The quantitative estimate of drug-likeness (QED) is 0.766. The van der Waals surface area contributed by atoms with E-state index < -0.39 is 0 Å². The van der Waals surface area contributed by atoms with Crippen LogP contribution < -0.4 is 19.9 Å². The lowest BCUT2D eigenvalue weighted by molar-refractivity contribution is 0.314. The first-order valence-electron chi connectivity index (χ1n) is 4.12. The topological polar surface area (TPSA) is 66.6 Å². The Labute approximate surface area is 82.8 Å². The SMILES string of the molecule is COc1cc(CN)nc(OC)c1OC. The van der Waals surface area contributed by atoms with Gasteiger partial charge in [-0.2, -0.15) is 0 Å². The third-order valence-corrected chi connectivity index (χ3v) is 1.79. The van der Waals surface area contributed by atoms with Crippen LogP contribution in [0.4, 0.5) is 0 Å². The molecule has 0 saturated carbocycles. The van der Waals surface area contributed by atoms with Crippen molar-refractivity contribution in [3.63, 3.8) is 0 Å². The van der Waals surface area contributed by atoms with Crippen LogP contribution in [0, 0.1) is 0 Å². The molecule has 14 heavy (non-hydrogen) atoms. The number of hydrogen-bond donors (Lipinski definition) is 1. The fourth-order valence-corrected chi connectivity index (χ4v) is 1.12. The van der Waals surface area contributed by atoms with E-state index in [2.05, 4.69) is 4.98 Å². The summed E-state index contributed by atoms with van der Waals surface area (Å²) in [6, 6.07) is 1.72. The van der Waals surface area contributed by atoms with Gasteiger partial charge in [0.25, 0.3) is 5.88 Å². The minimum Gasteiger partial charge on any atom is -0.493 e. The van der Waals surface area contributed by atoms with E-state index in [0.29, 0.717) is 29.6 Å². The average molecular weight is 198 g/mol. The van der Waals surface area contributed by atoms with Crippen molar-refractivity contribution >= 4 is 0 Å². The Bertz CT molecular complexity index is 290. The lowest BCUT2D eigenvalue weighted by Gasteiger charge is -2.11. The first kappa shape index (κ1) is 10.6. The van der Waals surface area contributed by atoms with Gasteiger partial charge in [0.1, 0.15) is 0 Å². The number of nitrogens with zero attached hydrogens (tertiary/aromatic N) is 1. The van der Waals surface area contributed by atoms with E-state index in [0.717, 1.165) is 0 Å². The predicted molar refractivity (Wildman–Crippen MR) is 51.8 cm³/mol. The Morgan fingerprint density at radius 2 is 1.93 bits per heavy atom. The van der Waals surface area contributed by atoms with Crippen molar-refractivity contribution in [2.75, 3.05) is 21.3 Å². The van der Waals surface area contributed by atoms with E-state index >= 15 is 0 Å². The van der Waals surface area contributed by atoms with Gasteiger partial charge in [0.15, 0.2) is 5.75 Å². The third-order valence-electron chi connectivity index (χ3n) is 1.79. The smallest absolute Gasteiger partial charge is 0.261 e. The second-order valence-corrected chi connectivity index (χ2v) is 2.56. The summed E-state index contributed by atoms with van der Waals surface area (Å²) in [6.45, 7) is 0.330. The maximum atomic E-state index is 5.47. The largest absolute Gasteiger partial charge is 0.493 e. The number of hydrogen-bond acceptors (Lipinski definition) is 5. The van der Waals surface area contributed by atoms with Gasteiger partial charge in [-0.3, -0.25) is 0 Å². The van der Waals surface area contributed by atoms with Crippen molar-refractivity contribution in [3.8, 4) is 17.4 Å². The van der Waals surface area contributed by atoms with Crippen LogP contribution >= 0.6 is 0 Å². The summed E-state index contributed by atoms with van der Waals surface area (Å²) in [5.41, 5.74) is 6.17. The Morgan fingerprint density at radius 1 is 1.21 bits per heavy atom. The Hall–Kier alpha value is -1.49. The molecule has 0 aliphatic carbocycles. The average Bonchev–Trinajstić information content (AvgIpc) is 2.26. The zero-order valence-electron chi connectivity index (χ0n) is 8.53. The number of nitrogens with two attached hydrogens (primary N) is 1. The fraction of sp³-hybridized carbons (Fsp3) is 0.444. The normalized spacial score (nSPS) is 9.71. The molecule has 1 rings (SSSR count). The molecule has 0 amide bonds. The molecule has 0 fully saturated rings. The maximum absolute atomic E-state index is 5.47. The third kappa shape index (κ3) is 1.88. The molecule has 0 aliphatic rings. The summed E-state index contributed by atoms with van der Waals surface area (Å²) >= 11 is 0. The van der Waals surface area contributed by atoms with E-state index in [1.54, 1.807) is 13.2 Å². The van der Waals surface area contributed by atoms with Gasteiger partial charge in [-0.05, 0) is 0 Å². The highest BCUT2D eigenvalue weighted by Gasteiger charge is 2.13. The summed E-state index contributed by atoms with van der Waals surface area (Å²) in [5.74, 6) is 1.43. The molecule has 2 N–H and O–H groups in total. The van der Waals surface area contributed by atoms with Gasteiger partial charge in [0.05, 0.1) is 27.0 Å². The lowest BCUT2D eigenvalue weighted by atomic mass is 10.3. The molecule has 0 unspecified atom stereocenters. The van der Waals surface area contributed by atoms with Crippen LogP contribution in [0.15, 0.2) is 6.07 Å². The fourth-order valence-electron chi connectivity index (χ4n) is 1.12. The molecule has 1 heterocycles. The molecule has 0 radical (unpaired) electrons. The van der Waals surface area contributed by atoms with Gasteiger partial charge < -0.3 is 19.9 Å². The van der Waals surface area contributed by atoms with E-state index in [1.807, 2.05) is 0 Å². The molecule has 0 bridgehead atoms. The van der Waals surface area contributed by atoms with Crippen molar-refractivity contribution in [1.82, 2.24) is 4.98 Å². The molecular formula is C9H14N2O3. The molecule has 1 aromatic rings. The van der Waals surface area contributed by atoms with Gasteiger partial charge in [0, 0.05) is 12.6 Å². The maximum Gasteiger partial charge on any atom is 0.261 e. The monoisotopic (exact) mass is 198 g/mol. The summed E-state index contributed by atoms with van der Waals surface area (Å²) in [7, 11) is 4.60. The van der Waals surface area contributed by atoms with E-state index in [1.165, 1.54) is 14.2 Å². The minimum atomic E-state index is 0.330. The molecule has 5 heteroatoms. The molecule has 0 aromatic carbocycles. The zero-order chi connectivity index (χ0) is 10.6. The van der Waals surface area contributed by atoms with Crippen LogP contribution in [0.5, 0.6) is 17.4 Å². The number of rotatable bonds is 4. The molecule has 0 spiro atoms. The van der Waals surface area contributed by atoms with Crippen molar-refractivity contribution in [2.24, 2.45) is 5.73 Å². The summed E-state index contributed by atoms with van der Waals surface area (Å²) < 4.78 is 15.3. The predicted octanol–water partition coefficient (Wildman–Crippen LogP) is 0.566. The molecule has 0 aliphatic heterocycles. The highest BCUT2D eigenvalue weighted by Crippen LogP contribution is 2.35. The van der Waals surface area contributed by atoms with Crippen LogP contribution in [0.2, 0.25) is 0 Å². The lowest BCUT2D eigenvalue weighted by Crippen LogP contribution is -2.04. The first-order valence-corrected chi connectivity index (χ1v) is 4.12. The molecule has 1 aromatic heterocycles. The zero-order valence-corrected chi connectivity index (χ0v) is 8.53. The summed E-state index contributed by atoms with van der Waals surface area (Å²) in [5, 5.41) is 0. The number of aromatic nitrogens is 1. The first-order chi connectivity index (χ1) is 6.76. The summed E-state index contributed by atoms with van der Waals surface area (Å²) in [4.78, 5) is 4.14. The van der Waals surface area contributed by atoms with Gasteiger partial charge in [-0.15, -0.1) is 0 Å². The number of pyridine rings is 1. The van der Waals surface area contributed by atoms with Gasteiger partial charge >= 0.3 is 0 Å². The van der Waals surface area contributed by atoms with Gasteiger partial charge in [0.2, 0.25) is 5.75 Å². The summed E-state index contributed by atoms with van der Waals surface area (Å²) in [6.07, 6.45) is 0. The van der Waals surface area contributed by atoms with E-state index in [-0.39, 0.29) is 0 Å². The Kier molecular flexibility index (Phi) is 3.53. The van der Waals surface area contributed by atoms with E-state index in [4.69, 9.17) is 19.9 Å². The second-order valence-electron chi connectivity index (χ2n) is 2.56. The Balaban J connectivity index is 3.24. The second kappa shape index (κ2) is 4.66. The Morgan fingerprint density at radius 3 is 2.36 bits per heavy atom. The number of methoxy groups -OCH3 is 3. The highest BCUT2D eigenvalue weighted by molar-refractivity contribution is 5.48. The van der Waals surface area contributed by atoms with Crippen LogP contribution in [-0.4, -0.2) is 26.3 Å². The molecule has 5 nitrogen and oxygen atoms in total. The van der Waals surface area contributed by atoms with Gasteiger partial charge in [-0.1, -0.05) is 0 Å². The van der Waals surface area contributed by atoms with Crippen LogP contribution in [0.25, 0.3) is 0 Å². The number of ether oxygens (including phenoxy) is 3.